The number of rotatable bonds is 10. The van der Waals surface area contributed by atoms with Gasteiger partial charge in [-0.15, -0.1) is 0 Å². The van der Waals surface area contributed by atoms with Crippen molar-refractivity contribution in [2.45, 2.75) is 9.79 Å². The molecule has 0 saturated heterocycles. The van der Waals surface area contributed by atoms with Gasteiger partial charge < -0.3 is 34.1 Å². The molecule has 0 N–H and O–H groups in total. The third-order valence-electron chi connectivity index (χ3n) is 19.1. The quantitative estimate of drug-likeness (QED) is 0.125. The zero-order valence-electron chi connectivity index (χ0n) is 51.0. The molecule has 0 aliphatic carbocycles. The van der Waals surface area contributed by atoms with E-state index in [0.717, 1.165) is 125 Å². The fourth-order valence-electron chi connectivity index (χ4n) is 15.3. The lowest BCUT2D eigenvalue weighted by molar-refractivity contribution is 0.488. The van der Waals surface area contributed by atoms with Crippen LogP contribution in [-0.2, 0) is 0 Å². The topological polar surface area (TPSA) is 28.7 Å². The SMILES string of the molecule is c1ccc(N(c2ccccc2)c2cc3c4c(c2)N(c2ccccc2)c2c(ccc5c2Sc2ccccc2N5c2ccccc2)B4c2cc4c(cc2O3)N(c2ccccc2)c2cc(N(c3ccccc3)c3ccccc3)cc3c2B4c2ccccc2N3c2ccccc2)cc1. The molecule has 14 aromatic carbocycles. The summed E-state index contributed by atoms with van der Waals surface area (Å²) in [6.07, 6.45) is 0. The largest absolute Gasteiger partial charge is 0.458 e. The average molecular weight is 1220 g/mol. The van der Waals surface area contributed by atoms with E-state index < -0.39 is 0 Å². The van der Waals surface area contributed by atoms with Crippen LogP contribution in [0.5, 0.6) is 11.5 Å². The molecule has 0 unspecified atom stereocenters. The van der Waals surface area contributed by atoms with Crippen LogP contribution in [0.1, 0.15) is 0 Å². The van der Waals surface area contributed by atoms with Crippen LogP contribution in [0.4, 0.5) is 102 Å². The van der Waals surface area contributed by atoms with E-state index in [1.165, 1.54) is 31.6 Å². The molecule has 0 aromatic heterocycles. The van der Waals surface area contributed by atoms with E-state index in [0.29, 0.717) is 0 Å². The molecule has 5 heterocycles. The normalized spacial score (nSPS) is 13.2. The van der Waals surface area contributed by atoms with E-state index in [9.17, 15) is 0 Å². The lowest BCUT2D eigenvalue weighted by Crippen LogP contribution is -2.64. The Hall–Kier alpha value is -11.8. The summed E-state index contributed by atoms with van der Waals surface area (Å²) in [6.45, 7) is -0.457. The van der Waals surface area contributed by atoms with Crippen molar-refractivity contribution >= 4 is 160 Å². The fourth-order valence-corrected chi connectivity index (χ4v) is 16.5. The molecule has 440 valence electrons. The molecule has 5 aliphatic heterocycles. The van der Waals surface area contributed by atoms with Gasteiger partial charge >= 0.3 is 0 Å². The lowest BCUT2D eigenvalue weighted by atomic mass is 9.30. The Labute approximate surface area is 552 Å². The second-order valence-corrected chi connectivity index (χ2v) is 25.4. The lowest BCUT2D eigenvalue weighted by Gasteiger charge is -2.46. The highest BCUT2D eigenvalue weighted by Crippen LogP contribution is 2.58. The highest BCUT2D eigenvalue weighted by molar-refractivity contribution is 8.00. The summed E-state index contributed by atoms with van der Waals surface area (Å²) >= 11 is 1.87. The second kappa shape index (κ2) is 21.9. The Morgan fingerprint density at radius 1 is 0.255 bits per heavy atom. The zero-order chi connectivity index (χ0) is 61.8. The Kier molecular flexibility index (Phi) is 12.6. The third kappa shape index (κ3) is 8.50. The van der Waals surface area contributed by atoms with Crippen LogP contribution in [-0.4, -0.2) is 13.4 Å². The highest BCUT2D eigenvalue weighted by Gasteiger charge is 2.49. The van der Waals surface area contributed by atoms with Crippen LogP contribution < -0.4 is 66.9 Å². The van der Waals surface area contributed by atoms with Crippen molar-refractivity contribution in [2.24, 2.45) is 0 Å². The molecule has 0 atom stereocenters. The summed E-state index contributed by atoms with van der Waals surface area (Å²) in [6, 6.07) is 124. The molecule has 94 heavy (non-hydrogen) atoms. The maximum absolute atomic E-state index is 7.88. The molecule has 0 spiro atoms. The van der Waals surface area contributed by atoms with Crippen LogP contribution in [0.25, 0.3) is 0 Å². The predicted molar refractivity (Wildman–Crippen MR) is 394 cm³/mol. The first-order valence-corrected chi connectivity index (χ1v) is 33.0. The number of hydrogen-bond acceptors (Lipinski definition) is 8. The number of nitrogens with zero attached hydrogens (tertiary/aromatic N) is 6. The minimum Gasteiger partial charge on any atom is -0.458 e. The van der Waals surface area contributed by atoms with Crippen LogP contribution in [0.15, 0.2) is 350 Å². The first-order valence-electron chi connectivity index (χ1n) is 32.1. The van der Waals surface area contributed by atoms with Crippen LogP contribution in [0.3, 0.4) is 0 Å². The number of ether oxygens (including phenoxy) is 1. The van der Waals surface area contributed by atoms with Gasteiger partial charge in [0.15, 0.2) is 0 Å². The predicted octanol–water partition coefficient (Wildman–Crippen LogP) is 19.0. The first kappa shape index (κ1) is 53.9. The molecule has 7 nitrogen and oxygen atoms in total. The van der Waals surface area contributed by atoms with Gasteiger partial charge in [0, 0.05) is 91.0 Å². The Bertz CT molecular complexity index is 5170. The molecular formula is C84H56B2N6OS. The Balaban J connectivity index is 0.913. The van der Waals surface area contributed by atoms with Gasteiger partial charge in [-0.1, -0.05) is 200 Å². The molecule has 5 aliphatic rings. The monoisotopic (exact) mass is 1220 g/mol. The summed E-state index contributed by atoms with van der Waals surface area (Å²) < 4.78 is 7.88. The highest BCUT2D eigenvalue weighted by atomic mass is 32.2. The summed E-state index contributed by atoms with van der Waals surface area (Å²) in [5.74, 6) is 1.63. The van der Waals surface area contributed by atoms with Crippen molar-refractivity contribution in [1.82, 2.24) is 0 Å². The maximum Gasteiger partial charge on any atom is 0.256 e. The van der Waals surface area contributed by atoms with Crippen molar-refractivity contribution in [3.63, 3.8) is 0 Å². The number of hydrogen-bond donors (Lipinski definition) is 0. The third-order valence-corrected chi connectivity index (χ3v) is 20.3. The van der Waals surface area contributed by atoms with Crippen molar-refractivity contribution in [3.05, 3.63) is 340 Å². The summed E-state index contributed by atoms with van der Waals surface area (Å²) in [5, 5.41) is 0. The van der Waals surface area contributed by atoms with E-state index in [1.807, 2.05) is 11.8 Å². The molecule has 14 aromatic rings. The molecule has 0 fully saturated rings. The van der Waals surface area contributed by atoms with Gasteiger partial charge in [-0.3, -0.25) is 0 Å². The number of benzene rings is 14. The molecule has 0 bridgehead atoms. The van der Waals surface area contributed by atoms with Gasteiger partial charge in [-0.05, 0) is 172 Å². The van der Waals surface area contributed by atoms with Crippen molar-refractivity contribution in [3.8, 4) is 11.5 Å². The van der Waals surface area contributed by atoms with Gasteiger partial charge in [-0.2, -0.15) is 0 Å². The van der Waals surface area contributed by atoms with Crippen molar-refractivity contribution < 1.29 is 4.74 Å². The molecule has 19 rings (SSSR count). The van der Waals surface area contributed by atoms with E-state index >= 15 is 0 Å². The number of anilines is 18. The first-order chi connectivity index (χ1) is 46.7. The van der Waals surface area contributed by atoms with E-state index in [-0.39, 0.29) is 13.4 Å². The Morgan fingerprint density at radius 3 is 1.18 bits per heavy atom. The molecule has 0 saturated carbocycles. The van der Waals surface area contributed by atoms with Gasteiger partial charge in [0.05, 0.1) is 33.3 Å². The number of para-hydroxylation sites is 10. The summed E-state index contributed by atoms with van der Waals surface area (Å²) in [7, 11) is 0. The number of fused-ring (bicyclic) bond motifs is 11. The Morgan fingerprint density at radius 2 is 0.660 bits per heavy atom. The van der Waals surface area contributed by atoms with Crippen LogP contribution in [0.2, 0.25) is 0 Å². The smallest absolute Gasteiger partial charge is 0.256 e. The molecular weight excluding hydrogens is 1160 g/mol. The van der Waals surface area contributed by atoms with E-state index in [4.69, 9.17) is 4.74 Å². The van der Waals surface area contributed by atoms with Crippen LogP contribution >= 0.6 is 11.8 Å². The van der Waals surface area contributed by atoms with Gasteiger partial charge in [0.25, 0.3) is 13.4 Å². The van der Waals surface area contributed by atoms with Crippen molar-refractivity contribution in [1.29, 1.82) is 0 Å². The minimum absolute atomic E-state index is 0.190. The summed E-state index contributed by atoms with van der Waals surface area (Å²) in [4.78, 5) is 17.2. The van der Waals surface area contributed by atoms with Crippen molar-refractivity contribution in [2.75, 3.05) is 29.4 Å². The van der Waals surface area contributed by atoms with Gasteiger partial charge in [0.1, 0.15) is 11.5 Å². The second-order valence-electron chi connectivity index (χ2n) is 24.4. The minimum atomic E-state index is -0.267. The van der Waals surface area contributed by atoms with E-state index in [1.54, 1.807) is 0 Å². The molecule has 0 radical (unpaired) electrons. The maximum atomic E-state index is 7.88. The molecule has 0 amide bonds. The fraction of sp³-hybridized carbons (Fsp3) is 0. The van der Waals surface area contributed by atoms with Gasteiger partial charge in [-0.25, -0.2) is 0 Å². The molecule has 10 heteroatoms. The standard InChI is InChI=1S/C84H56B2N6OS/c1-9-29-57(30-10-1)87(58-31-11-2-12-32-58)65-51-75-81-76(52-65)91(63-41-21-7-22-42-63)74-56-78-70(55-69(74)85(81)67-45-25-26-46-71(67)89(75)61-37-17-5-18-38-61)86-68-49-50-73-84(94-80-48-28-27-47-72(80)90(73)62-39-19-6-20-40-62)83(68)92(64-43-23-8-24-44-64)77-53-66(54-79(93-78)82(77)86)88(59-33-13-3-14-34-59)60-35-15-4-16-36-60/h1-56H. The van der Waals surface area contributed by atoms with Crippen LogP contribution in [0, 0.1) is 0 Å². The summed E-state index contributed by atoms with van der Waals surface area (Å²) in [5.41, 5.74) is 26.6. The zero-order valence-corrected chi connectivity index (χ0v) is 51.8. The average Bonchev–Trinajstić information content (AvgIpc) is 0.690. The van der Waals surface area contributed by atoms with E-state index in [2.05, 4.69) is 369 Å². The van der Waals surface area contributed by atoms with Gasteiger partial charge in [0.2, 0.25) is 0 Å².